The summed E-state index contributed by atoms with van der Waals surface area (Å²) in [5.74, 6) is -2.05. The number of hydrogen-bond donors (Lipinski definition) is 4. The molecule has 11 nitrogen and oxygen atoms in total. The summed E-state index contributed by atoms with van der Waals surface area (Å²) < 4.78 is 23.2. The molecule has 12 heteroatoms. The van der Waals surface area contributed by atoms with Gasteiger partial charge in [0, 0.05) is 23.6 Å². The number of phenolic OH excluding ortho intramolecular Hbond substituents is 1. The molecule has 0 aliphatic carbocycles. The van der Waals surface area contributed by atoms with Crippen LogP contribution in [0, 0.1) is 12.8 Å². The molecule has 48 heavy (non-hydrogen) atoms. The maximum Gasteiger partial charge on any atom is 0.355 e. The van der Waals surface area contributed by atoms with Crippen LogP contribution >= 0.6 is 11.6 Å². The van der Waals surface area contributed by atoms with Gasteiger partial charge in [-0.1, -0.05) is 30.2 Å². The molecule has 2 aromatic carbocycles. The molecule has 1 aliphatic heterocycles. The van der Waals surface area contributed by atoms with Gasteiger partial charge >= 0.3 is 11.6 Å². The van der Waals surface area contributed by atoms with E-state index in [0.29, 0.717) is 12.0 Å². The highest BCUT2D eigenvalue weighted by atomic mass is 35.5. The summed E-state index contributed by atoms with van der Waals surface area (Å²) in [5, 5.41) is 32.4. The average molecular weight is 680 g/mol. The van der Waals surface area contributed by atoms with Gasteiger partial charge < -0.3 is 38.9 Å². The number of ether oxygens (including phenoxy) is 3. The number of esters is 1. The molecule has 4 N–H and O–H groups in total. The Labute approximate surface area is 281 Å². The van der Waals surface area contributed by atoms with Crippen molar-refractivity contribution in [2.45, 2.75) is 78.5 Å². The van der Waals surface area contributed by atoms with Gasteiger partial charge in [-0.05, 0) is 89.1 Å². The number of H-pyrrole nitrogens is 1. The number of aryl methyl sites for hydroxylation is 1. The quantitative estimate of drug-likeness (QED) is 0.0695. The number of aromatic nitrogens is 1. The number of aromatic amines is 1. The van der Waals surface area contributed by atoms with Crippen LogP contribution in [-0.4, -0.2) is 56.2 Å². The summed E-state index contributed by atoms with van der Waals surface area (Å²) in [6.07, 6.45) is -1.94. The monoisotopic (exact) mass is 679 g/mol. The van der Waals surface area contributed by atoms with Crippen LogP contribution in [0.1, 0.15) is 72.3 Å². The molecule has 0 radical (unpaired) electrons. The summed E-state index contributed by atoms with van der Waals surface area (Å²) in [7, 11) is 0. The zero-order valence-corrected chi connectivity index (χ0v) is 28.2. The second kappa shape index (κ2) is 13.5. The molecule has 4 aromatic rings. The number of ketones is 1. The molecule has 254 valence electrons. The molecule has 5 rings (SSSR count). The third-order valence-corrected chi connectivity index (χ3v) is 9.03. The fourth-order valence-corrected chi connectivity index (χ4v) is 5.76. The van der Waals surface area contributed by atoms with Gasteiger partial charge in [0.25, 0.3) is 0 Å². The first-order chi connectivity index (χ1) is 22.6. The molecule has 3 heterocycles. The lowest BCUT2D eigenvalue weighted by Crippen LogP contribution is -2.60. The molecule has 0 bridgehead atoms. The molecule has 1 fully saturated rings. The molecule has 0 spiro atoms. The Bertz CT molecular complexity index is 1970. The molecule has 4 atom stereocenters. The Morgan fingerprint density at radius 2 is 1.83 bits per heavy atom. The first-order valence-corrected chi connectivity index (χ1v) is 15.8. The minimum Gasteiger partial charge on any atom is -0.508 e. The van der Waals surface area contributed by atoms with E-state index < -0.39 is 59.6 Å². The molecule has 0 amide bonds. The van der Waals surface area contributed by atoms with E-state index in [-0.39, 0.29) is 44.3 Å². The number of nitrogens with one attached hydrogen (secondary N) is 1. The number of phenols is 1. The molecule has 2 aromatic heterocycles. The normalized spacial score (nSPS) is 20.3. The minimum atomic E-state index is -1.43. The van der Waals surface area contributed by atoms with Gasteiger partial charge in [-0.2, -0.15) is 0 Å². The SMILES string of the molecule is CC(C)=CCc1cc(C(=O)Cc2c(O)c3ccc(OC4OC(C)(C)[C@H](C)[C@H](OC(=O)c5ccc(C)[nH]5)[C@@H]4O)c(Cl)c3oc2=O)ccc1O. The van der Waals surface area contributed by atoms with Crippen LogP contribution in [0.4, 0.5) is 0 Å². The lowest BCUT2D eigenvalue weighted by Gasteiger charge is -2.47. The number of aliphatic hydroxyl groups is 1. The molecular weight excluding hydrogens is 642 g/mol. The van der Waals surface area contributed by atoms with Crippen LogP contribution < -0.4 is 10.4 Å². The van der Waals surface area contributed by atoms with Crippen molar-refractivity contribution in [3.63, 3.8) is 0 Å². The number of carbonyl (C=O) groups excluding carboxylic acids is 2. The minimum absolute atomic E-state index is 0.0389. The standard InChI is InChI=1S/C36H38ClNO10/c1-17(2)7-9-20-15-21(10-13-25(20)39)26(40)16-23-29(41)22-11-14-27(28(37)32(22)47-33(23)43)45-35-30(42)31(19(4)36(5,6)48-35)46-34(44)24-12-8-18(3)38-24/h7-8,10-15,19,30-31,35,38-39,41-42H,9,16H2,1-6H3/t19-,30+,31+,35?/m1/s1. The second-order valence-corrected chi connectivity index (χ2v) is 13.2. The smallest absolute Gasteiger partial charge is 0.355 e. The summed E-state index contributed by atoms with van der Waals surface area (Å²) in [5.41, 5.74) is 0.478. The van der Waals surface area contributed by atoms with Crippen molar-refractivity contribution in [1.82, 2.24) is 4.98 Å². The van der Waals surface area contributed by atoms with Gasteiger partial charge in [0.2, 0.25) is 6.29 Å². The molecule has 1 saturated heterocycles. The first-order valence-electron chi connectivity index (χ1n) is 15.4. The fourth-order valence-electron chi connectivity index (χ4n) is 5.51. The van der Waals surface area contributed by atoms with E-state index >= 15 is 0 Å². The third kappa shape index (κ3) is 6.99. The van der Waals surface area contributed by atoms with Crippen LogP contribution in [0.3, 0.4) is 0 Å². The highest BCUT2D eigenvalue weighted by Gasteiger charge is 2.50. The van der Waals surface area contributed by atoms with Crippen molar-refractivity contribution < 1.29 is 43.5 Å². The lowest BCUT2D eigenvalue weighted by atomic mass is 9.82. The van der Waals surface area contributed by atoms with E-state index in [1.807, 2.05) is 19.9 Å². The van der Waals surface area contributed by atoms with Crippen molar-refractivity contribution in [3.8, 4) is 17.2 Å². The molecule has 1 unspecified atom stereocenters. The maximum atomic E-state index is 13.2. The Balaban J connectivity index is 1.39. The van der Waals surface area contributed by atoms with Crippen molar-refractivity contribution in [2.24, 2.45) is 5.92 Å². The molecule has 1 aliphatic rings. The van der Waals surface area contributed by atoms with Gasteiger partial charge in [0.05, 0.1) is 16.6 Å². The van der Waals surface area contributed by atoms with Crippen molar-refractivity contribution in [1.29, 1.82) is 0 Å². The molecular formula is C36H38ClNO10. The Hall–Kier alpha value is -4.58. The number of hydrogen-bond acceptors (Lipinski definition) is 10. The Morgan fingerprint density at radius 1 is 1.10 bits per heavy atom. The van der Waals surface area contributed by atoms with E-state index in [1.54, 1.807) is 45.9 Å². The average Bonchev–Trinajstić information content (AvgIpc) is 3.47. The number of fused-ring (bicyclic) bond motifs is 1. The highest BCUT2D eigenvalue weighted by Crippen LogP contribution is 2.41. The van der Waals surface area contributed by atoms with Crippen molar-refractivity contribution in [2.75, 3.05) is 0 Å². The van der Waals surface area contributed by atoms with E-state index in [0.717, 1.165) is 11.3 Å². The number of carbonyl (C=O) groups is 2. The maximum absolute atomic E-state index is 13.2. The number of Topliss-reactive ketones (excluding diaryl/α,β-unsaturated/α-hetero) is 1. The predicted molar refractivity (Wildman–Crippen MR) is 178 cm³/mol. The van der Waals surface area contributed by atoms with Gasteiger partial charge in [0.1, 0.15) is 34.1 Å². The number of aliphatic hydroxyl groups excluding tert-OH is 1. The number of rotatable bonds is 9. The summed E-state index contributed by atoms with van der Waals surface area (Å²) in [6.45, 7) is 11.0. The molecule has 0 saturated carbocycles. The van der Waals surface area contributed by atoms with E-state index in [1.165, 1.54) is 24.3 Å². The number of allylic oxidation sites excluding steroid dienone is 2. The van der Waals surface area contributed by atoms with Crippen LogP contribution in [0.15, 0.2) is 63.3 Å². The first kappa shape index (κ1) is 34.7. The Morgan fingerprint density at radius 3 is 2.50 bits per heavy atom. The van der Waals surface area contributed by atoms with E-state index in [2.05, 4.69) is 4.98 Å². The lowest BCUT2D eigenvalue weighted by molar-refractivity contribution is -0.284. The van der Waals surface area contributed by atoms with Gasteiger partial charge in [-0.15, -0.1) is 0 Å². The second-order valence-electron chi connectivity index (χ2n) is 12.8. The van der Waals surface area contributed by atoms with Gasteiger partial charge in [0.15, 0.2) is 17.5 Å². The zero-order valence-electron chi connectivity index (χ0n) is 27.4. The largest absolute Gasteiger partial charge is 0.508 e. The van der Waals surface area contributed by atoms with Crippen LogP contribution in [0.5, 0.6) is 17.2 Å². The summed E-state index contributed by atoms with van der Waals surface area (Å²) in [4.78, 5) is 42.0. The zero-order chi connectivity index (χ0) is 35.1. The highest BCUT2D eigenvalue weighted by molar-refractivity contribution is 6.36. The van der Waals surface area contributed by atoms with Crippen molar-refractivity contribution >= 4 is 34.3 Å². The van der Waals surface area contributed by atoms with Gasteiger partial charge in [-0.3, -0.25) is 4.79 Å². The topological polar surface area (TPSA) is 169 Å². The van der Waals surface area contributed by atoms with E-state index in [9.17, 15) is 29.7 Å². The number of benzene rings is 2. The van der Waals surface area contributed by atoms with Gasteiger partial charge in [-0.25, -0.2) is 9.59 Å². The summed E-state index contributed by atoms with van der Waals surface area (Å²) >= 11 is 6.60. The van der Waals surface area contributed by atoms with Crippen LogP contribution in [0.2, 0.25) is 5.02 Å². The van der Waals surface area contributed by atoms with E-state index in [4.69, 9.17) is 30.2 Å². The van der Waals surface area contributed by atoms with Crippen LogP contribution in [-0.2, 0) is 22.3 Å². The third-order valence-electron chi connectivity index (χ3n) is 8.68. The summed E-state index contributed by atoms with van der Waals surface area (Å²) in [6, 6.07) is 10.5. The fraction of sp³-hybridized carbons (Fsp3) is 0.361. The van der Waals surface area contributed by atoms with Crippen molar-refractivity contribution in [3.05, 3.63) is 97.6 Å². The van der Waals surface area contributed by atoms with Crippen LogP contribution in [0.25, 0.3) is 11.0 Å². The predicted octanol–water partition coefficient (Wildman–Crippen LogP) is 6.16. The number of aromatic hydroxyl groups is 2. The Kier molecular flexibility index (Phi) is 9.77. The number of halogens is 1.